The molecule has 0 spiro atoms. The lowest BCUT2D eigenvalue weighted by molar-refractivity contribution is 0.0661. The van der Waals surface area contributed by atoms with Gasteiger partial charge in [-0.05, 0) is 66.5 Å². The fraction of sp³-hybridized carbons (Fsp3) is 0.500. The van der Waals surface area contributed by atoms with Gasteiger partial charge < -0.3 is 10.6 Å². The lowest BCUT2D eigenvalue weighted by atomic mass is 9.92. The van der Waals surface area contributed by atoms with Crippen LogP contribution in [0.4, 0.5) is 0 Å². The first-order valence-electron chi connectivity index (χ1n) is 6.38. The number of benzene rings is 1. The molecule has 2 unspecified atom stereocenters. The van der Waals surface area contributed by atoms with Crippen LogP contribution in [0, 0.1) is 9.49 Å². The van der Waals surface area contributed by atoms with E-state index >= 15 is 0 Å². The largest absolute Gasteiger partial charge is 0.338 e. The van der Waals surface area contributed by atoms with Gasteiger partial charge in [0, 0.05) is 28.3 Å². The number of carbonyl (C=O) groups is 1. The highest BCUT2D eigenvalue weighted by atomic mass is 127. The Morgan fingerprint density at radius 1 is 1.53 bits per heavy atom. The fourth-order valence-corrected chi connectivity index (χ4v) is 2.97. The molecule has 2 N–H and O–H groups in total. The standard InChI is InChI=1S/C14H19IN2O.ClH/c1-10(16)12-5-3-7-17(9-12)14(18)11-4-2-6-13(15)8-11;/h2,4,6,8,10,12H,3,5,7,9,16H2,1H3;1H. The Morgan fingerprint density at radius 3 is 2.89 bits per heavy atom. The van der Waals surface area contributed by atoms with Crippen LogP contribution < -0.4 is 5.73 Å². The minimum atomic E-state index is 0. The van der Waals surface area contributed by atoms with Gasteiger partial charge in [-0.1, -0.05) is 6.07 Å². The van der Waals surface area contributed by atoms with Gasteiger partial charge in [0.05, 0.1) is 0 Å². The smallest absolute Gasteiger partial charge is 0.253 e. The SMILES string of the molecule is CC(N)C1CCCN(C(=O)c2cccc(I)c2)C1.Cl. The van der Waals surface area contributed by atoms with Crippen molar-refractivity contribution in [3.63, 3.8) is 0 Å². The number of amides is 1. The van der Waals surface area contributed by atoms with Gasteiger partial charge in [-0.15, -0.1) is 12.4 Å². The molecule has 1 saturated heterocycles. The molecule has 0 aliphatic carbocycles. The average Bonchev–Trinajstić information content (AvgIpc) is 2.38. The van der Waals surface area contributed by atoms with E-state index in [9.17, 15) is 4.79 Å². The monoisotopic (exact) mass is 394 g/mol. The van der Waals surface area contributed by atoms with Crippen molar-refractivity contribution in [1.29, 1.82) is 0 Å². The van der Waals surface area contributed by atoms with Crippen molar-refractivity contribution in [1.82, 2.24) is 4.90 Å². The molecule has 1 aliphatic heterocycles. The molecule has 19 heavy (non-hydrogen) atoms. The van der Waals surface area contributed by atoms with Crippen LogP contribution in [0.25, 0.3) is 0 Å². The quantitative estimate of drug-likeness (QED) is 0.784. The van der Waals surface area contributed by atoms with Crippen molar-refractivity contribution in [2.75, 3.05) is 13.1 Å². The van der Waals surface area contributed by atoms with E-state index in [0.29, 0.717) is 5.92 Å². The molecule has 0 saturated carbocycles. The molecule has 5 heteroatoms. The molecule has 0 radical (unpaired) electrons. The highest BCUT2D eigenvalue weighted by molar-refractivity contribution is 14.1. The zero-order valence-corrected chi connectivity index (χ0v) is 14.0. The van der Waals surface area contributed by atoms with E-state index in [2.05, 4.69) is 22.6 Å². The van der Waals surface area contributed by atoms with Crippen LogP contribution in [0.5, 0.6) is 0 Å². The zero-order valence-electron chi connectivity index (χ0n) is 11.0. The minimum Gasteiger partial charge on any atom is -0.338 e. The molecule has 0 bridgehead atoms. The molecule has 2 rings (SSSR count). The fourth-order valence-electron chi connectivity index (χ4n) is 2.43. The lowest BCUT2D eigenvalue weighted by Gasteiger charge is -2.34. The van der Waals surface area contributed by atoms with Gasteiger partial charge in [0.15, 0.2) is 0 Å². The van der Waals surface area contributed by atoms with Crippen molar-refractivity contribution >= 4 is 40.9 Å². The topological polar surface area (TPSA) is 46.3 Å². The van der Waals surface area contributed by atoms with E-state index in [-0.39, 0.29) is 24.4 Å². The molecule has 1 aliphatic rings. The summed E-state index contributed by atoms with van der Waals surface area (Å²) in [5.74, 6) is 0.573. The second-order valence-corrected chi connectivity index (χ2v) is 6.27. The third-order valence-corrected chi connectivity index (χ3v) is 4.23. The molecule has 0 aromatic heterocycles. The summed E-state index contributed by atoms with van der Waals surface area (Å²) >= 11 is 2.23. The molecule has 1 fully saturated rings. The van der Waals surface area contributed by atoms with Crippen LogP contribution in [0.3, 0.4) is 0 Å². The van der Waals surface area contributed by atoms with Crippen LogP contribution in [0.2, 0.25) is 0 Å². The number of hydrogen-bond donors (Lipinski definition) is 1. The zero-order chi connectivity index (χ0) is 13.1. The van der Waals surface area contributed by atoms with Gasteiger partial charge in [-0.25, -0.2) is 0 Å². The van der Waals surface area contributed by atoms with Crippen molar-refractivity contribution < 1.29 is 4.79 Å². The van der Waals surface area contributed by atoms with E-state index in [1.54, 1.807) is 0 Å². The predicted molar refractivity (Wildman–Crippen MR) is 88.7 cm³/mol. The van der Waals surface area contributed by atoms with E-state index in [1.165, 1.54) is 0 Å². The molecular formula is C14H20ClIN2O. The van der Waals surface area contributed by atoms with Crippen molar-refractivity contribution in [3.05, 3.63) is 33.4 Å². The van der Waals surface area contributed by atoms with Crippen molar-refractivity contribution in [3.8, 4) is 0 Å². The second kappa shape index (κ2) is 7.45. The number of nitrogens with zero attached hydrogens (tertiary/aromatic N) is 1. The van der Waals surface area contributed by atoms with Crippen LogP contribution in [0.15, 0.2) is 24.3 Å². The summed E-state index contributed by atoms with van der Waals surface area (Å²) in [4.78, 5) is 14.3. The number of piperidine rings is 1. The number of halogens is 2. The second-order valence-electron chi connectivity index (χ2n) is 5.02. The Labute approximate surface area is 134 Å². The molecule has 1 aromatic rings. The summed E-state index contributed by atoms with van der Waals surface area (Å²) < 4.78 is 1.10. The summed E-state index contributed by atoms with van der Waals surface area (Å²) in [6, 6.07) is 7.93. The predicted octanol–water partition coefficient (Wildman–Crippen LogP) is 2.91. The summed E-state index contributed by atoms with van der Waals surface area (Å²) in [7, 11) is 0. The number of rotatable bonds is 2. The summed E-state index contributed by atoms with van der Waals surface area (Å²) in [5, 5.41) is 0. The maximum absolute atomic E-state index is 12.4. The Balaban J connectivity index is 0.00000180. The Hall–Kier alpha value is -0.330. The minimum absolute atomic E-state index is 0. The van der Waals surface area contributed by atoms with Gasteiger partial charge in [-0.3, -0.25) is 4.79 Å². The third kappa shape index (κ3) is 4.33. The molecule has 2 atom stereocenters. The van der Waals surface area contributed by atoms with Gasteiger partial charge >= 0.3 is 0 Å². The van der Waals surface area contributed by atoms with Gasteiger partial charge in [0.2, 0.25) is 0 Å². The number of likely N-dealkylation sites (tertiary alicyclic amines) is 1. The molecule has 1 heterocycles. The first-order chi connectivity index (χ1) is 8.58. The Morgan fingerprint density at radius 2 is 2.26 bits per heavy atom. The number of nitrogens with two attached hydrogens (primary N) is 1. The highest BCUT2D eigenvalue weighted by Crippen LogP contribution is 2.21. The average molecular weight is 395 g/mol. The van der Waals surface area contributed by atoms with Gasteiger partial charge in [-0.2, -0.15) is 0 Å². The lowest BCUT2D eigenvalue weighted by Crippen LogP contribution is -2.45. The van der Waals surface area contributed by atoms with Gasteiger partial charge in [0.25, 0.3) is 5.91 Å². The number of hydrogen-bond acceptors (Lipinski definition) is 2. The maximum atomic E-state index is 12.4. The van der Waals surface area contributed by atoms with E-state index < -0.39 is 0 Å². The third-order valence-electron chi connectivity index (χ3n) is 3.56. The first kappa shape index (κ1) is 16.7. The van der Waals surface area contributed by atoms with Crippen LogP contribution in [0.1, 0.15) is 30.1 Å². The van der Waals surface area contributed by atoms with Crippen LogP contribution in [-0.2, 0) is 0 Å². The van der Waals surface area contributed by atoms with E-state index in [1.807, 2.05) is 36.1 Å². The van der Waals surface area contributed by atoms with Gasteiger partial charge in [0.1, 0.15) is 0 Å². The first-order valence-corrected chi connectivity index (χ1v) is 7.46. The molecule has 1 aromatic carbocycles. The summed E-state index contributed by atoms with van der Waals surface area (Å²) in [6.07, 6.45) is 2.19. The molecule has 3 nitrogen and oxygen atoms in total. The summed E-state index contributed by atoms with van der Waals surface area (Å²) in [5.41, 5.74) is 6.74. The molecule has 1 amide bonds. The van der Waals surface area contributed by atoms with E-state index in [4.69, 9.17) is 5.73 Å². The highest BCUT2D eigenvalue weighted by Gasteiger charge is 2.26. The Kier molecular flexibility index (Phi) is 6.56. The van der Waals surface area contributed by atoms with Crippen LogP contribution >= 0.6 is 35.0 Å². The summed E-state index contributed by atoms with van der Waals surface area (Å²) in [6.45, 7) is 3.68. The normalized spacial score (nSPS) is 20.6. The maximum Gasteiger partial charge on any atom is 0.253 e. The van der Waals surface area contributed by atoms with Crippen LogP contribution in [-0.4, -0.2) is 29.9 Å². The molecule has 106 valence electrons. The van der Waals surface area contributed by atoms with E-state index in [0.717, 1.165) is 35.1 Å². The Bertz CT molecular complexity index is 439. The van der Waals surface area contributed by atoms with Crippen molar-refractivity contribution in [2.24, 2.45) is 11.7 Å². The van der Waals surface area contributed by atoms with Crippen molar-refractivity contribution in [2.45, 2.75) is 25.8 Å². The number of carbonyl (C=O) groups excluding carboxylic acids is 1. The molecular weight excluding hydrogens is 375 g/mol.